The van der Waals surface area contributed by atoms with E-state index < -0.39 is 5.54 Å². The molecular formula is C40H39N5O6S. The lowest BCUT2D eigenvalue weighted by molar-refractivity contribution is 0.0759. The number of anilines is 1. The third-order valence-corrected chi connectivity index (χ3v) is 11.2. The molecule has 0 spiro atoms. The Bertz CT molecular complexity index is 2130. The molecule has 4 aliphatic heterocycles. The Morgan fingerprint density at radius 3 is 2.21 bits per heavy atom. The molecule has 52 heavy (non-hydrogen) atoms. The highest BCUT2D eigenvalue weighted by atomic mass is 32.1. The minimum atomic E-state index is -0.627. The van der Waals surface area contributed by atoms with Crippen molar-refractivity contribution in [2.45, 2.75) is 43.7 Å². The molecule has 266 valence electrons. The summed E-state index contributed by atoms with van der Waals surface area (Å²) < 4.78 is 23.6. The van der Waals surface area contributed by atoms with Crippen molar-refractivity contribution in [2.75, 3.05) is 39.7 Å². The molecular weight excluding hydrogens is 679 g/mol. The van der Waals surface area contributed by atoms with Crippen molar-refractivity contribution in [1.82, 2.24) is 9.80 Å². The van der Waals surface area contributed by atoms with Crippen molar-refractivity contribution in [2.24, 2.45) is 9.98 Å². The molecule has 1 saturated heterocycles. The van der Waals surface area contributed by atoms with E-state index in [0.29, 0.717) is 89.7 Å². The number of methoxy groups -OCH3 is 2. The van der Waals surface area contributed by atoms with Crippen molar-refractivity contribution in [3.05, 3.63) is 93.8 Å². The lowest BCUT2D eigenvalue weighted by atomic mass is 9.93. The molecule has 5 heterocycles. The number of amides is 2. The molecule has 1 fully saturated rings. The van der Waals surface area contributed by atoms with Crippen molar-refractivity contribution < 1.29 is 28.5 Å². The molecule has 2 unspecified atom stereocenters. The van der Waals surface area contributed by atoms with E-state index in [4.69, 9.17) is 34.7 Å². The molecule has 0 saturated carbocycles. The van der Waals surface area contributed by atoms with Crippen molar-refractivity contribution in [1.29, 1.82) is 0 Å². The number of benzene rings is 3. The van der Waals surface area contributed by atoms with Crippen LogP contribution in [0.4, 0.5) is 17.1 Å². The minimum Gasteiger partial charge on any atom is -0.493 e. The lowest BCUT2D eigenvalue weighted by Gasteiger charge is -2.29. The van der Waals surface area contributed by atoms with Crippen LogP contribution in [0.2, 0.25) is 0 Å². The second-order valence-electron chi connectivity index (χ2n) is 13.6. The second-order valence-corrected chi connectivity index (χ2v) is 14.6. The minimum absolute atomic E-state index is 0.0515. The van der Waals surface area contributed by atoms with Crippen LogP contribution in [0.25, 0.3) is 5.57 Å². The van der Waals surface area contributed by atoms with E-state index in [-0.39, 0.29) is 17.9 Å². The molecule has 4 aromatic rings. The summed E-state index contributed by atoms with van der Waals surface area (Å²) in [6.45, 7) is 3.30. The third kappa shape index (κ3) is 6.06. The Labute approximate surface area is 306 Å². The standard InChI is InChI=1S/C40H39N5O6S/c1-40-19-26(24-7-9-27(41)10-8-24)22-45(40)39(47)30-16-34(49-3)36(18-32(30)43-23-40)51-12-5-11-50-35-17-31-29(15-33(35)48-2)38(46)44-21-25(14-28(44)20-42-31)37-6-4-13-52-37/h4,6-10,13,15-18,20,22-23,25,28H,5,11-12,14,19,21,41H2,1-3H3/t25?,28-,40?/m0/s1. The van der Waals surface area contributed by atoms with Crippen LogP contribution < -0.4 is 24.7 Å². The number of aliphatic imine (C=N–C) groups is 2. The summed E-state index contributed by atoms with van der Waals surface area (Å²) in [5.74, 6) is 1.98. The zero-order chi connectivity index (χ0) is 36.0. The van der Waals surface area contributed by atoms with Gasteiger partial charge in [0, 0.05) is 66.6 Å². The van der Waals surface area contributed by atoms with Crippen molar-refractivity contribution in [3.8, 4) is 23.0 Å². The van der Waals surface area contributed by atoms with E-state index in [2.05, 4.69) is 17.5 Å². The van der Waals surface area contributed by atoms with Crippen LogP contribution in [-0.2, 0) is 0 Å². The van der Waals surface area contributed by atoms with Crippen LogP contribution >= 0.6 is 11.3 Å². The maximum absolute atomic E-state index is 13.9. The third-order valence-electron chi connectivity index (χ3n) is 10.1. The van der Waals surface area contributed by atoms with Crippen LogP contribution in [0, 0.1) is 0 Å². The fourth-order valence-electron chi connectivity index (χ4n) is 7.34. The van der Waals surface area contributed by atoms with Crippen LogP contribution in [0.3, 0.4) is 0 Å². The number of hydrogen-bond acceptors (Lipinski definition) is 10. The molecule has 2 N–H and O–H groups in total. The predicted molar refractivity (Wildman–Crippen MR) is 202 cm³/mol. The molecule has 3 aromatic carbocycles. The summed E-state index contributed by atoms with van der Waals surface area (Å²) >= 11 is 1.73. The first-order chi connectivity index (χ1) is 25.2. The van der Waals surface area contributed by atoms with Crippen LogP contribution in [0.1, 0.15) is 63.3 Å². The lowest BCUT2D eigenvalue weighted by Crippen LogP contribution is -2.43. The SMILES string of the molecule is COc1cc2c(cc1OCCCOc1cc3c(cc1OC)C(=O)N1C=C(c4ccc(N)cc4)CC1(C)C=N3)N=C[C@@H]1CC(c3cccs3)CN1C2=O. The zero-order valence-corrected chi connectivity index (χ0v) is 30.0. The number of nitrogen functional groups attached to an aromatic ring is 1. The van der Waals surface area contributed by atoms with Gasteiger partial charge in [-0.05, 0) is 60.2 Å². The van der Waals surface area contributed by atoms with Gasteiger partial charge in [0.15, 0.2) is 23.0 Å². The molecule has 1 aromatic heterocycles. The number of thiophene rings is 1. The van der Waals surface area contributed by atoms with Gasteiger partial charge in [-0.25, -0.2) is 0 Å². The summed E-state index contributed by atoms with van der Waals surface area (Å²) in [5.41, 5.74) is 10.0. The highest BCUT2D eigenvalue weighted by molar-refractivity contribution is 7.10. The van der Waals surface area contributed by atoms with Gasteiger partial charge < -0.3 is 34.5 Å². The van der Waals surface area contributed by atoms with E-state index in [1.54, 1.807) is 54.7 Å². The van der Waals surface area contributed by atoms with E-state index in [1.807, 2.05) is 54.7 Å². The largest absolute Gasteiger partial charge is 0.493 e. The summed E-state index contributed by atoms with van der Waals surface area (Å²) in [4.78, 5) is 42.0. The fourth-order valence-corrected chi connectivity index (χ4v) is 8.18. The van der Waals surface area contributed by atoms with E-state index >= 15 is 0 Å². The van der Waals surface area contributed by atoms with Gasteiger partial charge in [0.2, 0.25) is 0 Å². The Morgan fingerprint density at radius 2 is 1.56 bits per heavy atom. The predicted octanol–water partition coefficient (Wildman–Crippen LogP) is 7.27. The number of hydrogen-bond donors (Lipinski definition) is 1. The van der Waals surface area contributed by atoms with Crippen LogP contribution in [-0.4, -0.2) is 79.6 Å². The molecule has 3 atom stereocenters. The Kier molecular flexibility index (Phi) is 8.70. The van der Waals surface area contributed by atoms with Gasteiger partial charge in [0.1, 0.15) is 0 Å². The van der Waals surface area contributed by atoms with E-state index in [1.165, 1.54) is 4.88 Å². The second kappa shape index (κ2) is 13.5. The first-order valence-electron chi connectivity index (χ1n) is 17.3. The van der Waals surface area contributed by atoms with Crippen LogP contribution in [0.15, 0.2) is 82.2 Å². The number of nitrogens with zero attached hydrogens (tertiary/aromatic N) is 4. The van der Waals surface area contributed by atoms with Gasteiger partial charge in [0.25, 0.3) is 11.8 Å². The van der Waals surface area contributed by atoms with Gasteiger partial charge in [-0.1, -0.05) is 18.2 Å². The quantitative estimate of drug-likeness (QED) is 0.135. The van der Waals surface area contributed by atoms with Gasteiger partial charge in [-0.3, -0.25) is 19.6 Å². The molecule has 12 heteroatoms. The number of carbonyl (C=O) groups is 2. The molecule has 2 amide bonds. The molecule has 0 bridgehead atoms. The average molecular weight is 718 g/mol. The molecule has 0 radical (unpaired) electrons. The zero-order valence-electron chi connectivity index (χ0n) is 29.2. The van der Waals surface area contributed by atoms with Crippen LogP contribution in [0.5, 0.6) is 23.0 Å². The highest BCUT2D eigenvalue weighted by Crippen LogP contribution is 2.44. The van der Waals surface area contributed by atoms with Gasteiger partial charge in [0.05, 0.1) is 61.5 Å². The monoisotopic (exact) mass is 717 g/mol. The van der Waals surface area contributed by atoms with E-state index in [9.17, 15) is 9.59 Å². The Morgan fingerprint density at radius 1 is 0.885 bits per heavy atom. The normalized spacial score (nSPS) is 21.5. The first-order valence-corrected chi connectivity index (χ1v) is 18.2. The Hall–Kier alpha value is -5.62. The number of ether oxygens (including phenoxy) is 4. The van der Waals surface area contributed by atoms with Gasteiger partial charge in [-0.15, -0.1) is 11.3 Å². The van der Waals surface area contributed by atoms with Crippen molar-refractivity contribution in [3.63, 3.8) is 0 Å². The number of fused-ring (bicyclic) bond motifs is 4. The molecule has 8 rings (SSSR count). The first kappa shape index (κ1) is 33.5. The van der Waals surface area contributed by atoms with Gasteiger partial charge >= 0.3 is 0 Å². The number of carbonyl (C=O) groups excluding carboxylic acids is 2. The smallest absolute Gasteiger partial charge is 0.260 e. The van der Waals surface area contributed by atoms with Crippen molar-refractivity contribution >= 4 is 58.2 Å². The molecule has 11 nitrogen and oxygen atoms in total. The Balaban J connectivity index is 0.921. The van der Waals surface area contributed by atoms with Gasteiger partial charge in [-0.2, -0.15) is 0 Å². The molecule has 4 aliphatic rings. The summed E-state index contributed by atoms with van der Waals surface area (Å²) in [7, 11) is 3.11. The van der Waals surface area contributed by atoms with E-state index in [0.717, 1.165) is 17.6 Å². The molecule has 0 aliphatic carbocycles. The summed E-state index contributed by atoms with van der Waals surface area (Å²) in [6.07, 6.45) is 7.62. The maximum Gasteiger partial charge on any atom is 0.260 e. The highest BCUT2D eigenvalue weighted by Gasteiger charge is 2.42. The summed E-state index contributed by atoms with van der Waals surface area (Å²) in [5, 5.41) is 2.08. The summed E-state index contributed by atoms with van der Waals surface area (Å²) in [6, 6.07) is 18.7. The number of nitrogens with two attached hydrogens (primary N) is 1. The number of rotatable bonds is 10. The topological polar surface area (TPSA) is 128 Å². The average Bonchev–Trinajstić information content (AvgIpc) is 3.89. The maximum atomic E-state index is 13.9. The fraction of sp³-hybridized carbons (Fsp3) is 0.300.